The van der Waals surface area contributed by atoms with E-state index in [1.54, 1.807) is 0 Å². The maximum atomic E-state index is 12.8. The van der Waals surface area contributed by atoms with Gasteiger partial charge in [0.25, 0.3) is 5.91 Å². The summed E-state index contributed by atoms with van der Waals surface area (Å²) in [5.41, 5.74) is 1.95. The number of carbonyl (C=O) groups is 2. The first-order chi connectivity index (χ1) is 13.3. The number of benzene rings is 1. The summed E-state index contributed by atoms with van der Waals surface area (Å²) >= 11 is 0. The number of piperidine rings is 1. The zero-order valence-electron chi connectivity index (χ0n) is 17.7. The molecule has 1 N–H and O–H groups in total. The van der Waals surface area contributed by atoms with Crippen molar-refractivity contribution in [2.75, 3.05) is 32.7 Å². The Morgan fingerprint density at radius 2 is 1.71 bits per heavy atom. The van der Waals surface area contributed by atoms with Crippen LogP contribution in [0.25, 0.3) is 0 Å². The Kier molecular flexibility index (Phi) is 8.45. The molecule has 1 aliphatic rings. The van der Waals surface area contributed by atoms with Crippen LogP contribution in [0.1, 0.15) is 56.5 Å². The van der Waals surface area contributed by atoms with E-state index in [1.165, 1.54) is 5.56 Å². The van der Waals surface area contributed by atoms with E-state index in [1.807, 2.05) is 28.9 Å². The number of amides is 1. The van der Waals surface area contributed by atoms with Crippen LogP contribution in [0.5, 0.6) is 0 Å². The molecule has 1 aromatic carbocycles. The van der Waals surface area contributed by atoms with Gasteiger partial charge in [-0.15, -0.1) is 0 Å². The fraction of sp³-hybridized carbons (Fsp3) is 0.636. The van der Waals surface area contributed by atoms with Crippen molar-refractivity contribution >= 4 is 11.9 Å². The highest BCUT2D eigenvalue weighted by Crippen LogP contribution is 2.19. The van der Waals surface area contributed by atoms with Crippen LogP contribution in [0.4, 0.5) is 0 Å². The second-order valence-corrected chi connectivity index (χ2v) is 7.83. The maximum Gasteiger partial charge on any atom is 0.317 e. The van der Waals surface area contributed by atoms with E-state index < -0.39 is 5.97 Å². The zero-order chi connectivity index (χ0) is 20.7. The molecule has 1 aromatic rings. The standard InChI is InChI=1S/C22H35N3O3/c1-5-23(17(3)4)15-18-7-9-19(10-8-18)22(28)25-13-11-20(12-14-25)24(6-2)16-21(26)27/h7-10,17,20H,5-6,11-16H2,1-4H3,(H,26,27). The van der Waals surface area contributed by atoms with Crippen molar-refractivity contribution in [2.45, 2.75) is 59.2 Å². The predicted octanol–water partition coefficient (Wildman–Crippen LogP) is 2.93. The number of hydrogen-bond donors (Lipinski definition) is 1. The van der Waals surface area contributed by atoms with Crippen LogP contribution in [-0.4, -0.2) is 76.5 Å². The van der Waals surface area contributed by atoms with Gasteiger partial charge in [-0.1, -0.05) is 26.0 Å². The van der Waals surface area contributed by atoms with Gasteiger partial charge in [0, 0.05) is 37.3 Å². The molecule has 0 saturated carbocycles. The highest BCUT2D eigenvalue weighted by molar-refractivity contribution is 5.94. The Labute approximate surface area is 169 Å². The molecule has 1 aliphatic heterocycles. The number of carboxylic acids is 1. The molecule has 1 amide bonds. The summed E-state index contributed by atoms with van der Waals surface area (Å²) in [4.78, 5) is 30.1. The normalized spacial score (nSPS) is 15.6. The third-order valence-corrected chi connectivity index (χ3v) is 5.74. The number of likely N-dealkylation sites (N-methyl/N-ethyl adjacent to an activating group) is 1. The number of rotatable bonds is 9. The lowest BCUT2D eigenvalue weighted by Gasteiger charge is -2.37. The molecule has 6 nitrogen and oxygen atoms in total. The van der Waals surface area contributed by atoms with Crippen molar-refractivity contribution in [3.05, 3.63) is 35.4 Å². The van der Waals surface area contributed by atoms with E-state index in [-0.39, 0.29) is 18.5 Å². The first kappa shape index (κ1) is 22.4. The molecule has 0 aliphatic carbocycles. The first-order valence-corrected chi connectivity index (χ1v) is 10.4. The van der Waals surface area contributed by atoms with Crippen molar-refractivity contribution < 1.29 is 14.7 Å². The van der Waals surface area contributed by atoms with Crippen LogP contribution in [0.15, 0.2) is 24.3 Å². The summed E-state index contributed by atoms with van der Waals surface area (Å²) in [6.45, 7) is 12.6. The fourth-order valence-electron chi connectivity index (χ4n) is 3.94. The summed E-state index contributed by atoms with van der Waals surface area (Å²) in [5.74, 6) is -0.720. The zero-order valence-corrected chi connectivity index (χ0v) is 17.7. The van der Waals surface area contributed by atoms with Crippen molar-refractivity contribution in [3.63, 3.8) is 0 Å². The third kappa shape index (κ3) is 6.04. The third-order valence-electron chi connectivity index (χ3n) is 5.74. The summed E-state index contributed by atoms with van der Waals surface area (Å²) in [7, 11) is 0. The van der Waals surface area contributed by atoms with E-state index in [4.69, 9.17) is 5.11 Å². The summed E-state index contributed by atoms with van der Waals surface area (Å²) in [6.07, 6.45) is 1.65. The van der Waals surface area contributed by atoms with E-state index in [0.717, 1.165) is 38.0 Å². The number of hydrogen-bond acceptors (Lipinski definition) is 4. The SMILES string of the molecule is CCN(Cc1ccc(C(=O)N2CCC(N(CC)CC(=O)O)CC2)cc1)C(C)C. The summed E-state index contributed by atoms with van der Waals surface area (Å²) in [5, 5.41) is 9.05. The van der Waals surface area contributed by atoms with Crippen molar-refractivity contribution in [1.29, 1.82) is 0 Å². The van der Waals surface area contributed by atoms with Gasteiger partial charge in [-0.3, -0.25) is 19.4 Å². The smallest absolute Gasteiger partial charge is 0.317 e. The Morgan fingerprint density at radius 3 is 2.18 bits per heavy atom. The lowest BCUT2D eigenvalue weighted by molar-refractivity contribution is -0.139. The predicted molar refractivity (Wildman–Crippen MR) is 111 cm³/mol. The highest BCUT2D eigenvalue weighted by atomic mass is 16.4. The first-order valence-electron chi connectivity index (χ1n) is 10.4. The molecule has 1 saturated heterocycles. The maximum absolute atomic E-state index is 12.8. The van der Waals surface area contributed by atoms with Crippen molar-refractivity contribution in [2.24, 2.45) is 0 Å². The van der Waals surface area contributed by atoms with Crippen LogP contribution in [-0.2, 0) is 11.3 Å². The highest BCUT2D eigenvalue weighted by Gasteiger charge is 2.27. The molecule has 28 heavy (non-hydrogen) atoms. The van der Waals surface area contributed by atoms with Gasteiger partial charge in [0.2, 0.25) is 0 Å². The molecule has 0 bridgehead atoms. The molecule has 6 heteroatoms. The summed E-state index contributed by atoms with van der Waals surface area (Å²) < 4.78 is 0. The Hall–Kier alpha value is -1.92. The number of aliphatic carboxylic acids is 1. The second kappa shape index (κ2) is 10.6. The van der Waals surface area contributed by atoms with Crippen LogP contribution < -0.4 is 0 Å². The molecular formula is C22H35N3O3. The van der Waals surface area contributed by atoms with Gasteiger partial charge < -0.3 is 10.0 Å². The molecule has 0 unspecified atom stereocenters. The number of likely N-dealkylation sites (tertiary alicyclic amines) is 1. The van der Waals surface area contributed by atoms with Crippen LogP contribution in [0, 0.1) is 0 Å². The van der Waals surface area contributed by atoms with Gasteiger partial charge in [-0.2, -0.15) is 0 Å². The molecule has 1 fully saturated rings. The van der Waals surface area contributed by atoms with Gasteiger partial charge in [0.15, 0.2) is 0 Å². The monoisotopic (exact) mass is 389 g/mol. The Morgan fingerprint density at radius 1 is 1.11 bits per heavy atom. The number of nitrogens with zero attached hydrogens (tertiary/aromatic N) is 3. The van der Waals surface area contributed by atoms with Crippen molar-refractivity contribution in [1.82, 2.24) is 14.7 Å². The topological polar surface area (TPSA) is 64.1 Å². The van der Waals surface area contributed by atoms with Crippen molar-refractivity contribution in [3.8, 4) is 0 Å². The molecule has 156 valence electrons. The lowest BCUT2D eigenvalue weighted by Crippen LogP contribution is -2.48. The van der Waals surface area contributed by atoms with Gasteiger partial charge in [0.1, 0.15) is 0 Å². The molecule has 0 atom stereocenters. The minimum atomic E-state index is -0.792. The lowest BCUT2D eigenvalue weighted by atomic mass is 10.0. The molecule has 0 aromatic heterocycles. The molecule has 2 rings (SSSR count). The van der Waals surface area contributed by atoms with Crippen LogP contribution in [0.2, 0.25) is 0 Å². The fourth-order valence-corrected chi connectivity index (χ4v) is 3.94. The molecule has 1 heterocycles. The average molecular weight is 390 g/mol. The minimum Gasteiger partial charge on any atom is -0.480 e. The Balaban J connectivity index is 1.92. The van der Waals surface area contributed by atoms with Gasteiger partial charge >= 0.3 is 5.97 Å². The van der Waals surface area contributed by atoms with E-state index in [0.29, 0.717) is 19.1 Å². The molecular weight excluding hydrogens is 354 g/mol. The molecule has 0 spiro atoms. The molecule has 0 radical (unpaired) electrons. The van der Waals surface area contributed by atoms with E-state index >= 15 is 0 Å². The van der Waals surface area contributed by atoms with Crippen LogP contribution >= 0.6 is 0 Å². The van der Waals surface area contributed by atoms with E-state index in [2.05, 4.69) is 37.8 Å². The number of carbonyl (C=O) groups excluding carboxylic acids is 1. The Bertz CT molecular complexity index is 637. The van der Waals surface area contributed by atoms with Gasteiger partial charge in [0.05, 0.1) is 6.54 Å². The largest absolute Gasteiger partial charge is 0.480 e. The average Bonchev–Trinajstić information content (AvgIpc) is 2.70. The quantitative estimate of drug-likeness (QED) is 0.704. The second-order valence-electron chi connectivity index (χ2n) is 7.83. The van der Waals surface area contributed by atoms with Gasteiger partial charge in [-0.05, 0) is 57.5 Å². The van der Waals surface area contributed by atoms with Crippen LogP contribution in [0.3, 0.4) is 0 Å². The summed E-state index contributed by atoms with van der Waals surface area (Å²) in [6, 6.07) is 8.70. The van der Waals surface area contributed by atoms with Gasteiger partial charge in [-0.25, -0.2) is 0 Å². The number of carboxylic acid groups (broad SMARTS) is 1. The minimum absolute atomic E-state index is 0.0712. The van der Waals surface area contributed by atoms with E-state index in [9.17, 15) is 9.59 Å².